The van der Waals surface area contributed by atoms with E-state index in [4.69, 9.17) is 5.11 Å². The van der Waals surface area contributed by atoms with Crippen LogP contribution in [-0.2, 0) is 15.8 Å². The second-order valence-corrected chi connectivity index (χ2v) is 5.11. The van der Waals surface area contributed by atoms with Gasteiger partial charge in [0.1, 0.15) is 0 Å². The summed E-state index contributed by atoms with van der Waals surface area (Å²) >= 11 is 0. The van der Waals surface area contributed by atoms with E-state index >= 15 is 0 Å². The highest BCUT2D eigenvalue weighted by atomic mass is 19.4. The number of nitrogens with zero attached hydrogens (tertiary/aromatic N) is 2. The number of aromatic nitrogens is 3. The minimum Gasteiger partial charge on any atom is -0.481 e. The van der Waals surface area contributed by atoms with Crippen LogP contribution in [0.5, 0.6) is 0 Å². The summed E-state index contributed by atoms with van der Waals surface area (Å²) in [4.78, 5) is 25.8. The number of carbonyl (C=O) groups is 2. The molecule has 0 aromatic carbocycles. The second kappa shape index (κ2) is 4.18. The van der Waals surface area contributed by atoms with Gasteiger partial charge in [-0.05, 0) is 5.41 Å². The van der Waals surface area contributed by atoms with Crippen molar-refractivity contribution in [1.29, 1.82) is 0 Å². The van der Waals surface area contributed by atoms with Crippen molar-refractivity contribution in [3.8, 4) is 0 Å². The lowest BCUT2D eigenvalue weighted by Gasteiger charge is -2.02. The Kier molecular flexibility index (Phi) is 2.99. The van der Waals surface area contributed by atoms with Gasteiger partial charge in [-0.1, -0.05) is 13.8 Å². The van der Waals surface area contributed by atoms with Crippen LogP contribution >= 0.6 is 0 Å². The molecule has 1 saturated carbocycles. The standard InChI is InChI=1S/C10H11F3N4O3/c1-9(2)3(4(9)6(19)20)5(18)14-8-15-7(16-17-8)10(11,12)13/h3-4H,1-2H3,(H,19,20)(H2,14,15,16,17,18)/t3-,4-/m1/s1. The third-order valence-corrected chi connectivity index (χ3v) is 3.36. The van der Waals surface area contributed by atoms with E-state index in [-0.39, 0.29) is 0 Å². The van der Waals surface area contributed by atoms with Crippen molar-refractivity contribution in [2.24, 2.45) is 17.3 Å². The number of carboxylic acid groups (broad SMARTS) is 1. The van der Waals surface area contributed by atoms with Gasteiger partial charge in [-0.2, -0.15) is 18.2 Å². The summed E-state index contributed by atoms with van der Waals surface area (Å²) in [5, 5.41) is 15.9. The Hall–Kier alpha value is -2.13. The maximum Gasteiger partial charge on any atom is 0.451 e. The molecule has 0 spiro atoms. The first-order valence-corrected chi connectivity index (χ1v) is 5.58. The average Bonchev–Trinajstić information content (AvgIpc) is 2.67. The lowest BCUT2D eigenvalue weighted by atomic mass is 10.1. The van der Waals surface area contributed by atoms with E-state index in [1.54, 1.807) is 18.9 Å². The van der Waals surface area contributed by atoms with Crippen LogP contribution in [0.15, 0.2) is 0 Å². The Morgan fingerprint density at radius 2 is 1.95 bits per heavy atom. The fraction of sp³-hybridized carbons (Fsp3) is 0.600. The number of aromatic amines is 1. The fourth-order valence-corrected chi connectivity index (χ4v) is 2.22. The van der Waals surface area contributed by atoms with Crippen LogP contribution in [0.4, 0.5) is 19.1 Å². The largest absolute Gasteiger partial charge is 0.481 e. The molecule has 0 saturated heterocycles. The van der Waals surface area contributed by atoms with Crippen molar-refractivity contribution in [2.75, 3.05) is 5.32 Å². The molecule has 20 heavy (non-hydrogen) atoms. The van der Waals surface area contributed by atoms with Gasteiger partial charge in [0.15, 0.2) is 0 Å². The Bertz CT molecular complexity index is 566. The predicted octanol–water partition coefficient (Wildman–Crippen LogP) is 1.12. The first-order chi connectivity index (χ1) is 9.05. The first-order valence-electron chi connectivity index (χ1n) is 5.58. The number of carboxylic acids is 1. The number of alkyl halides is 3. The molecule has 110 valence electrons. The van der Waals surface area contributed by atoms with Crippen LogP contribution in [0.1, 0.15) is 19.7 Å². The summed E-state index contributed by atoms with van der Waals surface area (Å²) in [6, 6.07) is 0. The number of hydrogen-bond donors (Lipinski definition) is 3. The minimum atomic E-state index is -4.70. The van der Waals surface area contributed by atoms with Gasteiger partial charge in [0.2, 0.25) is 17.7 Å². The summed E-state index contributed by atoms with van der Waals surface area (Å²) in [7, 11) is 0. The third kappa shape index (κ3) is 2.32. The van der Waals surface area contributed by atoms with Crippen molar-refractivity contribution >= 4 is 17.8 Å². The van der Waals surface area contributed by atoms with Crippen molar-refractivity contribution in [1.82, 2.24) is 15.2 Å². The van der Waals surface area contributed by atoms with Crippen molar-refractivity contribution < 1.29 is 27.9 Å². The molecule has 1 aliphatic carbocycles. The minimum absolute atomic E-state index is 0.533. The summed E-state index contributed by atoms with van der Waals surface area (Å²) in [6.07, 6.45) is -4.70. The smallest absolute Gasteiger partial charge is 0.451 e. The number of nitrogens with one attached hydrogen (secondary N) is 2. The number of halogens is 3. The molecule has 3 N–H and O–H groups in total. The van der Waals surface area contributed by atoms with Crippen LogP contribution < -0.4 is 5.32 Å². The van der Waals surface area contributed by atoms with E-state index in [0.717, 1.165) is 0 Å². The number of aliphatic carboxylic acids is 1. The molecule has 1 amide bonds. The van der Waals surface area contributed by atoms with Crippen LogP contribution in [0.25, 0.3) is 0 Å². The van der Waals surface area contributed by atoms with Crippen molar-refractivity contribution in [2.45, 2.75) is 20.0 Å². The summed E-state index contributed by atoms with van der Waals surface area (Å²) < 4.78 is 36.8. The van der Waals surface area contributed by atoms with Gasteiger partial charge in [-0.3, -0.25) is 20.0 Å². The number of hydrogen-bond acceptors (Lipinski definition) is 4. The fourth-order valence-electron chi connectivity index (χ4n) is 2.22. The molecule has 0 bridgehead atoms. The van der Waals surface area contributed by atoms with E-state index in [9.17, 15) is 22.8 Å². The van der Waals surface area contributed by atoms with Gasteiger partial charge < -0.3 is 5.11 Å². The molecule has 10 heteroatoms. The second-order valence-electron chi connectivity index (χ2n) is 5.11. The zero-order valence-electron chi connectivity index (χ0n) is 10.4. The number of amides is 1. The molecule has 7 nitrogen and oxygen atoms in total. The van der Waals surface area contributed by atoms with Crippen LogP contribution in [0.3, 0.4) is 0 Å². The number of anilines is 1. The molecular weight excluding hydrogens is 281 g/mol. The van der Waals surface area contributed by atoms with Crippen LogP contribution in [0, 0.1) is 17.3 Å². The maximum absolute atomic E-state index is 12.3. The Labute approximate surface area is 110 Å². The van der Waals surface area contributed by atoms with Gasteiger partial charge in [-0.15, -0.1) is 5.10 Å². The predicted molar refractivity (Wildman–Crippen MR) is 58.4 cm³/mol. The molecule has 2 atom stereocenters. The van der Waals surface area contributed by atoms with Gasteiger partial charge in [0.25, 0.3) is 0 Å². The molecule has 2 rings (SSSR count). The molecular formula is C10H11F3N4O3. The van der Waals surface area contributed by atoms with Gasteiger partial charge >= 0.3 is 12.1 Å². The normalized spacial score (nSPS) is 24.2. The SMILES string of the molecule is CC1(C)[C@@H](C(=O)O)[C@@H]1C(=O)Nc1n[nH]c(C(F)(F)F)n1. The molecule has 1 aliphatic rings. The number of H-pyrrole nitrogens is 1. The third-order valence-electron chi connectivity index (χ3n) is 3.36. The first kappa shape index (κ1) is 14.3. The maximum atomic E-state index is 12.3. The lowest BCUT2D eigenvalue weighted by molar-refractivity contribution is -0.144. The highest BCUT2D eigenvalue weighted by Crippen LogP contribution is 2.58. The molecule has 0 aliphatic heterocycles. The molecule has 1 fully saturated rings. The summed E-state index contributed by atoms with van der Waals surface area (Å²) in [6.45, 7) is 3.18. The highest BCUT2D eigenvalue weighted by Gasteiger charge is 2.66. The number of rotatable bonds is 3. The number of carbonyl (C=O) groups excluding carboxylic acids is 1. The molecule has 1 aromatic rings. The van der Waals surface area contributed by atoms with Crippen molar-refractivity contribution in [3.63, 3.8) is 0 Å². The highest BCUT2D eigenvalue weighted by molar-refractivity contribution is 5.98. The van der Waals surface area contributed by atoms with E-state index in [2.05, 4.69) is 15.4 Å². The lowest BCUT2D eigenvalue weighted by Crippen LogP contribution is -2.18. The Morgan fingerprint density at radius 1 is 1.35 bits per heavy atom. The quantitative estimate of drug-likeness (QED) is 0.773. The molecule has 0 unspecified atom stereocenters. The summed E-state index contributed by atoms with van der Waals surface area (Å²) in [5.74, 6) is -5.40. The topological polar surface area (TPSA) is 108 Å². The van der Waals surface area contributed by atoms with Gasteiger partial charge in [0.05, 0.1) is 11.8 Å². The van der Waals surface area contributed by atoms with E-state index in [0.29, 0.717) is 0 Å². The van der Waals surface area contributed by atoms with Crippen LogP contribution in [-0.4, -0.2) is 32.2 Å². The monoisotopic (exact) mass is 292 g/mol. The molecule has 1 heterocycles. The van der Waals surface area contributed by atoms with Gasteiger partial charge in [-0.25, -0.2) is 0 Å². The van der Waals surface area contributed by atoms with Gasteiger partial charge in [0, 0.05) is 0 Å². The Balaban J connectivity index is 2.07. The zero-order valence-corrected chi connectivity index (χ0v) is 10.4. The van der Waals surface area contributed by atoms with Crippen molar-refractivity contribution in [3.05, 3.63) is 5.82 Å². The van der Waals surface area contributed by atoms with E-state index in [1.165, 1.54) is 0 Å². The average molecular weight is 292 g/mol. The summed E-state index contributed by atoms with van der Waals surface area (Å²) in [5.41, 5.74) is -0.751. The van der Waals surface area contributed by atoms with Crippen LogP contribution in [0.2, 0.25) is 0 Å². The van der Waals surface area contributed by atoms with E-state index in [1.807, 2.05) is 0 Å². The molecule has 0 radical (unpaired) electrons. The molecule has 1 aromatic heterocycles. The Morgan fingerprint density at radius 3 is 2.35 bits per heavy atom. The zero-order chi connectivity index (χ0) is 15.3. The van der Waals surface area contributed by atoms with E-state index < -0.39 is 47.1 Å².